The number of esters is 1. The van der Waals surface area contributed by atoms with E-state index in [9.17, 15) is 9.18 Å². The number of H-pyrrole nitrogens is 1. The van der Waals surface area contributed by atoms with Crippen LogP contribution in [0.5, 0.6) is 0 Å². The van der Waals surface area contributed by atoms with Gasteiger partial charge in [-0.2, -0.15) is 0 Å². The van der Waals surface area contributed by atoms with Crippen molar-refractivity contribution in [3.8, 4) is 0 Å². The topological polar surface area (TPSA) is 67.0 Å². The minimum atomic E-state index is -0.572. The number of rotatable bonds is 10. The van der Waals surface area contributed by atoms with E-state index < -0.39 is 5.60 Å². The van der Waals surface area contributed by atoms with Crippen molar-refractivity contribution >= 4 is 17.0 Å². The Morgan fingerprint density at radius 2 is 2.05 bits per heavy atom. The van der Waals surface area contributed by atoms with Crippen molar-refractivity contribution < 1.29 is 13.9 Å². The molecule has 6 heteroatoms. The fourth-order valence-corrected chi connectivity index (χ4v) is 6.51. The van der Waals surface area contributed by atoms with Gasteiger partial charge in [-0.3, -0.25) is 4.79 Å². The number of benzene rings is 2. The van der Waals surface area contributed by atoms with E-state index in [-0.39, 0.29) is 29.5 Å². The fourth-order valence-electron chi connectivity index (χ4n) is 6.51. The molecule has 1 fully saturated rings. The lowest BCUT2D eigenvalue weighted by molar-refractivity contribution is -0.178. The number of aryl methyl sites for hydroxylation is 2. The zero-order valence-corrected chi connectivity index (χ0v) is 22.4. The molecule has 2 aliphatic carbocycles. The zero-order chi connectivity index (χ0) is 26.0. The summed E-state index contributed by atoms with van der Waals surface area (Å²) in [6, 6.07) is 13.2. The molecule has 0 amide bonds. The Bertz CT molecular complexity index is 1210. The molecular weight excluding hydrogens is 465 g/mol. The number of para-hydroxylation sites is 2. The second kappa shape index (κ2) is 10.9. The monoisotopic (exact) mass is 505 g/mol. The summed E-state index contributed by atoms with van der Waals surface area (Å²) in [5, 5.41) is 3.60. The number of halogens is 1. The first-order valence-electron chi connectivity index (χ1n) is 14.0. The maximum atomic E-state index is 14.0. The average Bonchev–Trinajstić information content (AvgIpc) is 3.28. The molecule has 5 rings (SSSR count). The summed E-state index contributed by atoms with van der Waals surface area (Å²) in [6.45, 7) is 8.17. The van der Waals surface area contributed by atoms with Gasteiger partial charge in [0.05, 0.1) is 17.0 Å². The van der Waals surface area contributed by atoms with E-state index in [0.29, 0.717) is 5.92 Å². The molecule has 2 N–H and O–H groups in total. The third-order valence-corrected chi connectivity index (χ3v) is 8.65. The second-order valence-corrected chi connectivity index (χ2v) is 11.5. The van der Waals surface area contributed by atoms with Gasteiger partial charge in [-0.1, -0.05) is 39.0 Å². The van der Waals surface area contributed by atoms with Crippen LogP contribution in [0, 0.1) is 23.6 Å². The molecule has 1 aromatic heterocycles. The highest BCUT2D eigenvalue weighted by molar-refractivity contribution is 5.75. The first-order chi connectivity index (χ1) is 17.9. The number of imidazole rings is 1. The minimum absolute atomic E-state index is 0.0103. The highest BCUT2D eigenvalue weighted by Gasteiger charge is 2.49. The van der Waals surface area contributed by atoms with Gasteiger partial charge in [-0.05, 0) is 92.4 Å². The third kappa shape index (κ3) is 5.45. The van der Waals surface area contributed by atoms with Gasteiger partial charge in [0.2, 0.25) is 0 Å². The lowest BCUT2D eigenvalue weighted by atomic mass is 9.65. The molecule has 4 atom stereocenters. The van der Waals surface area contributed by atoms with Gasteiger partial charge >= 0.3 is 5.97 Å². The van der Waals surface area contributed by atoms with Gasteiger partial charge in [-0.15, -0.1) is 0 Å². The molecule has 0 bridgehead atoms. The predicted molar refractivity (Wildman–Crippen MR) is 145 cm³/mol. The molecular formula is C31H40FN3O2. The van der Waals surface area contributed by atoms with Crippen molar-refractivity contribution in [2.45, 2.75) is 77.2 Å². The normalized spacial score (nSPS) is 25.2. The van der Waals surface area contributed by atoms with Crippen LogP contribution >= 0.6 is 0 Å². The molecule has 0 aliphatic heterocycles. The summed E-state index contributed by atoms with van der Waals surface area (Å²) in [5.41, 5.74) is 3.71. The lowest BCUT2D eigenvalue weighted by Crippen LogP contribution is -2.50. The maximum Gasteiger partial charge on any atom is 0.309 e. The Balaban J connectivity index is 1.25. The van der Waals surface area contributed by atoms with Crippen LogP contribution in [0.4, 0.5) is 4.39 Å². The van der Waals surface area contributed by atoms with Crippen molar-refractivity contribution in [1.29, 1.82) is 0 Å². The molecule has 2 aliphatic rings. The highest BCUT2D eigenvalue weighted by atomic mass is 19.1. The van der Waals surface area contributed by atoms with Crippen LogP contribution in [0.15, 0.2) is 42.5 Å². The molecule has 0 radical (unpaired) electrons. The lowest BCUT2D eigenvalue weighted by Gasteiger charge is -2.48. The Kier molecular flexibility index (Phi) is 7.66. The smallest absolute Gasteiger partial charge is 0.309 e. The van der Waals surface area contributed by atoms with E-state index in [1.54, 1.807) is 12.1 Å². The Morgan fingerprint density at radius 1 is 1.22 bits per heavy atom. The van der Waals surface area contributed by atoms with E-state index in [2.05, 4.69) is 42.1 Å². The number of ether oxygens (including phenoxy) is 1. The van der Waals surface area contributed by atoms with Crippen molar-refractivity contribution in [1.82, 2.24) is 15.3 Å². The van der Waals surface area contributed by atoms with Crippen molar-refractivity contribution in [3.63, 3.8) is 0 Å². The molecule has 2 aromatic carbocycles. The number of aromatic amines is 1. The summed E-state index contributed by atoms with van der Waals surface area (Å²) in [5.74, 6) is 1.50. The van der Waals surface area contributed by atoms with Gasteiger partial charge in [0, 0.05) is 18.8 Å². The van der Waals surface area contributed by atoms with Crippen molar-refractivity contribution in [3.05, 3.63) is 65.2 Å². The quantitative estimate of drug-likeness (QED) is 0.250. The van der Waals surface area contributed by atoms with Crippen LogP contribution in [0.1, 0.15) is 75.7 Å². The summed E-state index contributed by atoms with van der Waals surface area (Å²) in [6.07, 6.45) is 6.09. The van der Waals surface area contributed by atoms with Gasteiger partial charge in [0.15, 0.2) is 0 Å². The Morgan fingerprint density at radius 3 is 2.78 bits per heavy atom. The summed E-state index contributed by atoms with van der Waals surface area (Å²) in [4.78, 5) is 21.4. The number of fused-ring (bicyclic) bond motifs is 2. The van der Waals surface area contributed by atoms with Crippen LogP contribution in [0.25, 0.3) is 11.0 Å². The molecule has 3 aromatic rings. The number of hydrogen-bond donors (Lipinski definition) is 2. The highest BCUT2D eigenvalue weighted by Crippen LogP contribution is 2.49. The number of carbonyl (C=O) groups is 1. The van der Waals surface area contributed by atoms with E-state index in [0.717, 1.165) is 86.0 Å². The SMILES string of the molecule is CC1CCC1C(=O)O[C@@]1(CCNCCCc2nc3ccccc3[nH]2)CCc2cc(F)ccc2[C@@H]1C(C)C. The van der Waals surface area contributed by atoms with Crippen LogP contribution < -0.4 is 5.32 Å². The molecule has 2 unspecified atom stereocenters. The maximum absolute atomic E-state index is 14.0. The fraction of sp³-hybridized carbons (Fsp3) is 0.548. The zero-order valence-electron chi connectivity index (χ0n) is 22.4. The van der Waals surface area contributed by atoms with Crippen LogP contribution in [0.2, 0.25) is 0 Å². The summed E-state index contributed by atoms with van der Waals surface area (Å²) >= 11 is 0. The minimum Gasteiger partial charge on any atom is -0.458 e. The van der Waals surface area contributed by atoms with E-state index >= 15 is 0 Å². The number of nitrogens with one attached hydrogen (secondary N) is 2. The van der Waals surface area contributed by atoms with E-state index in [1.165, 1.54) is 0 Å². The number of nitrogens with zero attached hydrogens (tertiary/aromatic N) is 1. The number of aromatic nitrogens is 2. The number of carbonyl (C=O) groups excluding carboxylic acids is 1. The number of hydrogen-bond acceptors (Lipinski definition) is 4. The third-order valence-electron chi connectivity index (χ3n) is 8.65. The standard InChI is InChI=1S/C31H40FN3O2/c1-20(2)29-25-13-11-23(32)19-22(25)14-15-31(29,37-30(36)24-12-10-21(24)3)16-18-33-17-6-9-28-34-26-7-4-5-8-27(26)35-28/h4-5,7-8,11,13,19-21,24,29,33H,6,9-10,12,14-18H2,1-3H3,(H,34,35)/t21?,24?,29-,31+/m0/s1. The molecule has 5 nitrogen and oxygen atoms in total. The Labute approximate surface area is 219 Å². The molecule has 0 spiro atoms. The molecule has 0 saturated heterocycles. The predicted octanol–water partition coefficient (Wildman–Crippen LogP) is 6.33. The van der Waals surface area contributed by atoms with Crippen LogP contribution in [-0.2, 0) is 22.4 Å². The summed E-state index contributed by atoms with van der Waals surface area (Å²) in [7, 11) is 0. The molecule has 37 heavy (non-hydrogen) atoms. The van der Waals surface area contributed by atoms with Gasteiger partial charge in [-0.25, -0.2) is 9.37 Å². The summed E-state index contributed by atoms with van der Waals surface area (Å²) < 4.78 is 20.6. The molecule has 1 saturated carbocycles. The Hall–Kier alpha value is -2.73. The van der Waals surface area contributed by atoms with E-state index in [4.69, 9.17) is 4.74 Å². The first-order valence-corrected chi connectivity index (χ1v) is 14.0. The van der Waals surface area contributed by atoms with Gasteiger partial charge in [0.25, 0.3) is 0 Å². The van der Waals surface area contributed by atoms with Crippen molar-refractivity contribution in [2.24, 2.45) is 17.8 Å². The molecule has 198 valence electrons. The largest absolute Gasteiger partial charge is 0.458 e. The van der Waals surface area contributed by atoms with Gasteiger partial charge < -0.3 is 15.0 Å². The van der Waals surface area contributed by atoms with Gasteiger partial charge in [0.1, 0.15) is 17.2 Å². The van der Waals surface area contributed by atoms with Crippen LogP contribution in [0.3, 0.4) is 0 Å². The van der Waals surface area contributed by atoms with Crippen LogP contribution in [-0.4, -0.2) is 34.6 Å². The van der Waals surface area contributed by atoms with Crippen molar-refractivity contribution in [2.75, 3.05) is 13.1 Å². The average molecular weight is 506 g/mol. The van der Waals surface area contributed by atoms with E-state index in [1.807, 2.05) is 24.3 Å². The second-order valence-electron chi connectivity index (χ2n) is 11.5. The first kappa shape index (κ1) is 25.9. The molecule has 1 heterocycles.